The largest absolute Gasteiger partial charge is 0.495 e. The maximum absolute atomic E-state index is 13.8. The van der Waals surface area contributed by atoms with Gasteiger partial charge in [-0.05, 0) is 29.8 Å². The van der Waals surface area contributed by atoms with Gasteiger partial charge in [0.25, 0.3) is 0 Å². The maximum Gasteiger partial charge on any atom is 0.137 e. The van der Waals surface area contributed by atoms with Crippen LogP contribution in [0.2, 0.25) is 10.0 Å². The van der Waals surface area contributed by atoms with Gasteiger partial charge in [0.2, 0.25) is 0 Å². The molecule has 0 fully saturated rings. The van der Waals surface area contributed by atoms with Gasteiger partial charge in [-0.15, -0.1) is 11.6 Å². The minimum absolute atomic E-state index is 0.331. The van der Waals surface area contributed by atoms with Crippen molar-refractivity contribution in [1.82, 2.24) is 0 Å². The van der Waals surface area contributed by atoms with E-state index in [9.17, 15) is 4.39 Å². The molecule has 0 saturated carbocycles. The second-order valence-electron chi connectivity index (χ2n) is 3.92. The molecule has 0 amide bonds. The van der Waals surface area contributed by atoms with Crippen molar-refractivity contribution >= 4 is 34.8 Å². The van der Waals surface area contributed by atoms with Crippen LogP contribution in [0.3, 0.4) is 0 Å². The Balaban J connectivity index is 2.38. The van der Waals surface area contributed by atoms with Crippen molar-refractivity contribution < 1.29 is 9.13 Å². The Hall–Kier alpha value is -0.960. The van der Waals surface area contributed by atoms with Crippen LogP contribution in [-0.2, 0) is 0 Å². The molecule has 0 radical (unpaired) electrons. The first-order valence-electron chi connectivity index (χ1n) is 5.45. The van der Waals surface area contributed by atoms with Gasteiger partial charge in [0.1, 0.15) is 11.6 Å². The van der Waals surface area contributed by atoms with Crippen LogP contribution in [0.1, 0.15) is 16.5 Å². The Morgan fingerprint density at radius 3 is 2.42 bits per heavy atom. The molecule has 5 heteroatoms. The van der Waals surface area contributed by atoms with E-state index in [1.807, 2.05) is 0 Å². The average molecular weight is 320 g/mol. The Kier molecular flexibility index (Phi) is 4.56. The quantitative estimate of drug-likeness (QED) is 0.682. The first-order valence-corrected chi connectivity index (χ1v) is 6.64. The van der Waals surface area contributed by atoms with Crippen molar-refractivity contribution in [2.75, 3.05) is 7.11 Å². The molecule has 0 aliphatic rings. The molecule has 0 aromatic heterocycles. The molecule has 1 nitrogen and oxygen atoms in total. The lowest BCUT2D eigenvalue weighted by Crippen LogP contribution is -1.97. The highest BCUT2D eigenvalue weighted by molar-refractivity contribution is 6.32. The first kappa shape index (κ1) is 14.4. The van der Waals surface area contributed by atoms with Crippen molar-refractivity contribution in [3.63, 3.8) is 0 Å². The molecule has 0 aliphatic carbocycles. The van der Waals surface area contributed by atoms with E-state index in [1.165, 1.54) is 13.2 Å². The molecule has 100 valence electrons. The fraction of sp³-hybridized carbons (Fsp3) is 0.143. The van der Waals surface area contributed by atoms with Crippen molar-refractivity contribution in [2.24, 2.45) is 0 Å². The molecule has 1 unspecified atom stereocenters. The van der Waals surface area contributed by atoms with Crippen LogP contribution in [0.25, 0.3) is 0 Å². The number of hydrogen-bond donors (Lipinski definition) is 0. The summed E-state index contributed by atoms with van der Waals surface area (Å²) in [6.07, 6.45) is 0. The van der Waals surface area contributed by atoms with Crippen molar-refractivity contribution in [2.45, 2.75) is 5.38 Å². The summed E-state index contributed by atoms with van der Waals surface area (Å²) >= 11 is 18.0. The van der Waals surface area contributed by atoms with Gasteiger partial charge < -0.3 is 4.74 Å². The number of benzene rings is 2. The molecule has 2 aromatic carbocycles. The van der Waals surface area contributed by atoms with Gasteiger partial charge in [0, 0.05) is 10.6 Å². The molecule has 2 rings (SSSR count). The fourth-order valence-corrected chi connectivity index (χ4v) is 2.46. The van der Waals surface area contributed by atoms with Crippen molar-refractivity contribution in [1.29, 1.82) is 0 Å². The minimum Gasteiger partial charge on any atom is -0.495 e. The first-order chi connectivity index (χ1) is 9.02. The van der Waals surface area contributed by atoms with E-state index in [-0.39, 0.29) is 0 Å². The molecule has 0 heterocycles. The standard InChI is InChI=1S/C14H10Cl3FO/c1-19-13-5-2-8(6-11(13)16)14(17)10-4-3-9(15)7-12(10)18/h2-7,14H,1H3. The zero-order valence-corrected chi connectivity index (χ0v) is 12.2. The van der Waals surface area contributed by atoms with Gasteiger partial charge in [-0.25, -0.2) is 4.39 Å². The third kappa shape index (κ3) is 3.14. The summed E-state index contributed by atoms with van der Waals surface area (Å²) in [5, 5.41) is 0.124. The van der Waals surface area contributed by atoms with Crippen LogP contribution in [0.5, 0.6) is 5.75 Å². The lowest BCUT2D eigenvalue weighted by atomic mass is 10.0. The lowest BCUT2D eigenvalue weighted by Gasteiger charge is -2.13. The van der Waals surface area contributed by atoms with Gasteiger partial charge in [0.05, 0.1) is 17.5 Å². The van der Waals surface area contributed by atoms with Crippen LogP contribution >= 0.6 is 34.8 Å². The van der Waals surface area contributed by atoms with Gasteiger partial charge in [-0.3, -0.25) is 0 Å². The summed E-state index contributed by atoms with van der Waals surface area (Å²) in [6.45, 7) is 0. The second-order valence-corrected chi connectivity index (χ2v) is 5.20. The number of halogens is 4. The number of methoxy groups -OCH3 is 1. The van der Waals surface area contributed by atoms with E-state index >= 15 is 0 Å². The Morgan fingerprint density at radius 2 is 1.84 bits per heavy atom. The summed E-state index contributed by atoms with van der Waals surface area (Å²) in [7, 11) is 1.53. The van der Waals surface area contributed by atoms with E-state index in [0.717, 1.165) is 0 Å². The monoisotopic (exact) mass is 318 g/mol. The van der Waals surface area contributed by atoms with Crippen molar-refractivity contribution in [3.05, 3.63) is 63.4 Å². The van der Waals surface area contributed by atoms with Crippen LogP contribution in [0.15, 0.2) is 36.4 Å². The molecule has 0 spiro atoms. The number of hydrogen-bond acceptors (Lipinski definition) is 1. The third-order valence-electron chi connectivity index (χ3n) is 2.70. The third-order valence-corrected chi connectivity index (χ3v) is 3.72. The van der Waals surface area contributed by atoms with Crippen molar-refractivity contribution in [3.8, 4) is 5.75 Å². The summed E-state index contributed by atoms with van der Waals surface area (Å²) in [4.78, 5) is 0. The van der Waals surface area contributed by atoms with Gasteiger partial charge >= 0.3 is 0 Å². The predicted octanol–water partition coefficient (Wildman–Crippen LogP) is 5.47. The van der Waals surface area contributed by atoms with E-state index < -0.39 is 11.2 Å². The minimum atomic E-state index is -0.638. The fourth-order valence-electron chi connectivity index (χ4n) is 1.73. The van der Waals surface area contributed by atoms with Gasteiger partial charge in [0.15, 0.2) is 0 Å². The van der Waals surface area contributed by atoms with E-state index in [1.54, 1.807) is 30.3 Å². The highest BCUT2D eigenvalue weighted by Crippen LogP contribution is 2.35. The maximum atomic E-state index is 13.8. The number of ether oxygens (including phenoxy) is 1. The predicted molar refractivity (Wildman–Crippen MR) is 77.1 cm³/mol. The smallest absolute Gasteiger partial charge is 0.137 e. The molecular formula is C14H10Cl3FO. The average Bonchev–Trinajstić information content (AvgIpc) is 2.38. The van der Waals surface area contributed by atoms with Gasteiger partial charge in [-0.1, -0.05) is 35.3 Å². The highest BCUT2D eigenvalue weighted by atomic mass is 35.5. The molecule has 19 heavy (non-hydrogen) atoms. The SMILES string of the molecule is COc1ccc(C(Cl)c2ccc(Cl)cc2F)cc1Cl. The van der Waals surface area contributed by atoms with E-state index in [4.69, 9.17) is 39.5 Å². The lowest BCUT2D eigenvalue weighted by molar-refractivity contribution is 0.415. The number of rotatable bonds is 3. The molecule has 0 bridgehead atoms. The Bertz CT molecular complexity index is 601. The summed E-state index contributed by atoms with van der Waals surface area (Å²) in [5.41, 5.74) is 1.04. The Labute approximate surface area is 125 Å². The van der Waals surface area contributed by atoms with Crippen LogP contribution < -0.4 is 4.74 Å². The van der Waals surface area contributed by atoms with Crippen LogP contribution in [-0.4, -0.2) is 7.11 Å². The normalized spacial score (nSPS) is 12.3. The van der Waals surface area contributed by atoms with Gasteiger partial charge in [-0.2, -0.15) is 0 Å². The zero-order valence-electron chi connectivity index (χ0n) is 9.96. The topological polar surface area (TPSA) is 9.23 Å². The summed E-state index contributed by atoms with van der Waals surface area (Å²) in [5.74, 6) is 0.102. The summed E-state index contributed by atoms with van der Waals surface area (Å²) < 4.78 is 18.9. The highest BCUT2D eigenvalue weighted by Gasteiger charge is 2.16. The summed E-state index contributed by atoms with van der Waals surface area (Å²) in [6, 6.07) is 9.49. The zero-order chi connectivity index (χ0) is 14.0. The Morgan fingerprint density at radius 1 is 1.11 bits per heavy atom. The van der Waals surface area contributed by atoms with E-state index in [0.29, 0.717) is 26.9 Å². The van der Waals surface area contributed by atoms with E-state index in [2.05, 4.69) is 0 Å². The molecular weight excluding hydrogens is 310 g/mol. The van der Waals surface area contributed by atoms with Crippen LogP contribution in [0, 0.1) is 5.82 Å². The second kappa shape index (κ2) is 6.00. The van der Waals surface area contributed by atoms with Crippen LogP contribution in [0.4, 0.5) is 4.39 Å². The number of alkyl halides is 1. The molecule has 0 saturated heterocycles. The molecule has 2 aromatic rings. The molecule has 1 atom stereocenters. The molecule has 0 N–H and O–H groups in total. The molecule has 0 aliphatic heterocycles.